The van der Waals surface area contributed by atoms with Gasteiger partial charge in [-0.25, -0.2) is 5.43 Å². The van der Waals surface area contributed by atoms with Crippen molar-refractivity contribution in [3.05, 3.63) is 0 Å². The molecule has 1 saturated heterocycles. The summed E-state index contributed by atoms with van der Waals surface area (Å²) in [7, 11) is 0. The fraction of sp³-hybridized carbons (Fsp3) is 0.750. The average Bonchev–Trinajstić information content (AvgIpc) is 1.98. The van der Waals surface area contributed by atoms with Crippen molar-refractivity contribution in [1.82, 2.24) is 10.9 Å². The van der Waals surface area contributed by atoms with E-state index in [1.165, 1.54) is 0 Å². The summed E-state index contributed by atoms with van der Waals surface area (Å²) in [5, 5.41) is 8.79. The average molecular weight is 116 g/mol. The summed E-state index contributed by atoms with van der Waals surface area (Å²) < 4.78 is 0. The van der Waals surface area contributed by atoms with E-state index in [0.717, 1.165) is 0 Å². The van der Waals surface area contributed by atoms with E-state index in [9.17, 15) is 4.79 Å². The molecular weight excluding hydrogens is 108 g/mol. The number of nitrogens with one attached hydrogen (secondary N) is 2. The summed E-state index contributed by atoms with van der Waals surface area (Å²) in [5.41, 5.74) is 4.85. The fourth-order valence-corrected chi connectivity index (χ4v) is 0.565. The van der Waals surface area contributed by atoms with Gasteiger partial charge in [-0.3, -0.25) is 10.2 Å². The molecule has 3 N–H and O–H groups in total. The molecule has 1 aliphatic heterocycles. The third-order valence-corrected chi connectivity index (χ3v) is 1.17. The topological polar surface area (TPSA) is 61.4 Å². The first-order chi connectivity index (χ1) is 3.72. The highest BCUT2D eigenvalue weighted by atomic mass is 16.3. The molecule has 1 fully saturated rings. The van der Waals surface area contributed by atoms with Crippen molar-refractivity contribution in [3.8, 4) is 0 Å². The molecule has 4 heteroatoms. The number of rotatable bonds is 0. The Morgan fingerprint density at radius 1 is 1.75 bits per heavy atom. The first-order valence-corrected chi connectivity index (χ1v) is 2.45. The quantitative estimate of drug-likeness (QED) is 0.356. The first-order valence-electron chi connectivity index (χ1n) is 2.45. The van der Waals surface area contributed by atoms with Crippen molar-refractivity contribution >= 4 is 5.91 Å². The van der Waals surface area contributed by atoms with Gasteiger partial charge in [0.05, 0.1) is 6.04 Å². The Labute approximate surface area is 46.9 Å². The summed E-state index contributed by atoms with van der Waals surface area (Å²) in [5.74, 6) is -0.350. The number of carbonyl (C=O) groups excluding carboxylic acids is 1. The molecule has 1 amide bonds. The molecule has 0 bridgehead atoms. The maximum Gasteiger partial charge on any atom is 0.264 e. The van der Waals surface area contributed by atoms with Gasteiger partial charge in [-0.1, -0.05) is 0 Å². The summed E-state index contributed by atoms with van der Waals surface area (Å²) in [6.45, 7) is 1.72. The van der Waals surface area contributed by atoms with Crippen LogP contribution in [0.5, 0.6) is 0 Å². The molecular formula is C4H8N2O2. The molecule has 1 heterocycles. The van der Waals surface area contributed by atoms with E-state index in [2.05, 4.69) is 10.9 Å². The summed E-state index contributed by atoms with van der Waals surface area (Å²) >= 11 is 0. The van der Waals surface area contributed by atoms with Gasteiger partial charge in [0, 0.05) is 0 Å². The molecule has 46 valence electrons. The molecule has 0 spiro atoms. The number of aliphatic hydroxyl groups excluding tert-OH is 1. The summed E-state index contributed by atoms with van der Waals surface area (Å²) in [6, 6.07) is -0.164. The van der Waals surface area contributed by atoms with Crippen LogP contribution < -0.4 is 10.9 Å². The number of amides is 1. The zero-order chi connectivity index (χ0) is 6.15. The van der Waals surface area contributed by atoms with Crippen molar-refractivity contribution < 1.29 is 9.90 Å². The van der Waals surface area contributed by atoms with E-state index in [1.54, 1.807) is 6.92 Å². The van der Waals surface area contributed by atoms with Gasteiger partial charge in [0.2, 0.25) is 0 Å². The molecule has 0 saturated carbocycles. The second-order valence-electron chi connectivity index (χ2n) is 1.87. The summed E-state index contributed by atoms with van der Waals surface area (Å²) in [4.78, 5) is 10.4. The van der Waals surface area contributed by atoms with Crippen LogP contribution in [0.15, 0.2) is 0 Å². The highest BCUT2D eigenvalue weighted by Gasteiger charge is 2.28. The number of hydrazine groups is 1. The van der Waals surface area contributed by atoms with Crippen LogP contribution >= 0.6 is 0 Å². The van der Waals surface area contributed by atoms with Crippen molar-refractivity contribution in [2.75, 3.05) is 0 Å². The van der Waals surface area contributed by atoms with E-state index in [1.807, 2.05) is 0 Å². The van der Waals surface area contributed by atoms with Crippen LogP contribution in [0.1, 0.15) is 6.92 Å². The Bertz CT molecular complexity index is 115. The second-order valence-corrected chi connectivity index (χ2v) is 1.87. The number of aliphatic hydroxyl groups is 1. The van der Waals surface area contributed by atoms with Gasteiger partial charge < -0.3 is 5.11 Å². The van der Waals surface area contributed by atoms with Gasteiger partial charge in [-0.15, -0.1) is 0 Å². The molecule has 0 aromatic rings. The molecule has 2 atom stereocenters. The minimum atomic E-state index is -0.880. The monoisotopic (exact) mass is 116 g/mol. The predicted molar refractivity (Wildman–Crippen MR) is 26.7 cm³/mol. The molecule has 8 heavy (non-hydrogen) atoms. The van der Waals surface area contributed by atoms with Gasteiger partial charge in [-0.2, -0.15) is 0 Å². The van der Waals surface area contributed by atoms with Crippen LogP contribution in [-0.2, 0) is 4.79 Å². The number of carbonyl (C=O) groups is 1. The van der Waals surface area contributed by atoms with Crippen molar-refractivity contribution in [2.45, 2.75) is 19.1 Å². The van der Waals surface area contributed by atoms with Crippen molar-refractivity contribution in [1.29, 1.82) is 0 Å². The van der Waals surface area contributed by atoms with Gasteiger partial charge in [-0.05, 0) is 6.92 Å². The maximum absolute atomic E-state index is 10.4. The summed E-state index contributed by atoms with van der Waals surface area (Å²) in [6.07, 6.45) is -0.880. The van der Waals surface area contributed by atoms with E-state index < -0.39 is 6.10 Å². The van der Waals surface area contributed by atoms with Crippen molar-refractivity contribution in [2.24, 2.45) is 0 Å². The molecule has 1 aliphatic rings. The van der Waals surface area contributed by atoms with E-state index >= 15 is 0 Å². The maximum atomic E-state index is 10.4. The molecule has 0 aliphatic carbocycles. The molecule has 0 aromatic carbocycles. The lowest BCUT2D eigenvalue weighted by Gasteiger charge is -2.00. The van der Waals surface area contributed by atoms with Gasteiger partial charge in [0.1, 0.15) is 0 Å². The molecule has 4 nitrogen and oxygen atoms in total. The lowest BCUT2D eigenvalue weighted by atomic mass is 10.2. The predicted octanol–water partition coefficient (Wildman–Crippen LogP) is -1.63. The van der Waals surface area contributed by atoms with Crippen LogP contribution in [-0.4, -0.2) is 23.2 Å². The zero-order valence-electron chi connectivity index (χ0n) is 4.51. The Balaban J connectivity index is 2.56. The van der Waals surface area contributed by atoms with Gasteiger partial charge in [0.15, 0.2) is 6.10 Å². The Kier molecular flexibility index (Phi) is 1.19. The minimum Gasteiger partial charge on any atom is -0.381 e. The Morgan fingerprint density at radius 3 is 2.50 bits per heavy atom. The van der Waals surface area contributed by atoms with E-state index in [4.69, 9.17) is 5.11 Å². The molecule has 0 unspecified atom stereocenters. The number of hydrogen-bond donors (Lipinski definition) is 3. The van der Waals surface area contributed by atoms with Crippen LogP contribution in [0.25, 0.3) is 0 Å². The third kappa shape index (κ3) is 0.677. The lowest BCUT2D eigenvalue weighted by Crippen LogP contribution is -2.30. The largest absolute Gasteiger partial charge is 0.381 e. The Morgan fingerprint density at radius 2 is 2.38 bits per heavy atom. The van der Waals surface area contributed by atoms with Crippen LogP contribution in [0, 0.1) is 0 Å². The van der Waals surface area contributed by atoms with Crippen molar-refractivity contribution in [3.63, 3.8) is 0 Å². The standard InChI is InChI=1S/C4H8N2O2/c1-2-3(7)4(8)6-5-2/h2-3,5,7H,1H3,(H,6,8)/t2-,3+/m0/s1. The smallest absolute Gasteiger partial charge is 0.264 e. The number of hydrogen-bond acceptors (Lipinski definition) is 3. The van der Waals surface area contributed by atoms with Crippen LogP contribution in [0.2, 0.25) is 0 Å². The minimum absolute atomic E-state index is 0.164. The van der Waals surface area contributed by atoms with Crippen LogP contribution in [0.4, 0.5) is 0 Å². The SMILES string of the molecule is C[C@@H]1NNC(=O)[C@@H]1O. The molecule has 1 rings (SSSR count). The highest BCUT2D eigenvalue weighted by molar-refractivity contribution is 5.82. The zero-order valence-corrected chi connectivity index (χ0v) is 4.51. The molecule has 0 aromatic heterocycles. The second kappa shape index (κ2) is 1.72. The van der Waals surface area contributed by atoms with E-state index in [-0.39, 0.29) is 11.9 Å². The Hall–Kier alpha value is -0.610. The van der Waals surface area contributed by atoms with Crippen LogP contribution in [0.3, 0.4) is 0 Å². The normalized spacial score (nSPS) is 37.5. The highest BCUT2D eigenvalue weighted by Crippen LogP contribution is 1.95. The first kappa shape index (κ1) is 5.53. The lowest BCUT2D eigenvalue weighted by molar-refractivity contribution is -0.126. The molecule has 0 radical (unpaired) electrons. The van der Waals surface area contributed by atoms with E-state index in [0.29, 0.717) is 0 Å². The van der Waals surface area contributed by atoms with Gasteiger partial charge >= 0.3 is 0 Å². The van der Waals surface area contributed by atoms with Gasteiger partial charge in [0.25, 0.3) is 5.91 Å². The fourth-order valence-electron chi connectivity index (χ4n) is 0.565. The third-order valence-electron chi connectivity index (χ3n) is 1.17.